The molecule has 1 aliphatic carbocycles. The maximum absolute atomic E-state index is 14.3. The number of carbonyl (C=O) groups excluding carboxylic acids is 1. The molecule has 3 atom stereocenters. The molecule has 0 saturated carbocycles. The molecule has 8 nitrogen and oxygen atoms in total. The minimum atomic E-state index is -1.25. The molecule has 0 spiro atoms. The van der Waals surface area contributed by atoms with Gasteiger partial charge in [-0.15, -0.1) is 0 Å². The molecule has 10 heteroatoms. The number of hydrogen-bond acceptors (Lipinski definition) is 7. The quantitative estimate of drug-likeness (QED) is 0.596. The molecule has 200 valence electrons. The van der Waals surface area contributed by atoms with Crippen molar-refractivity contribution in [2.24, 2.45) is 5.92 Å². The number of nitrogens with zero attached hydrogens (tertiary/aromatic N) is 6. The number of carbonyl (C=O) groups is 1. The van der Waals surface area contributed by atoms with E-state index in [9.17, 15) is 13.6 Å². The van der Waals surface area contributed by atoms with Crippen LogP contribution in [0.1, 0.15) is 58.3 Å². The third kappa shape index (κ3) is 6.11. The molecule has 2 aromatic heterocycles. The van der Waals surface area contributed by atoms with Crippen LogP contribution < -0.4 is 4.90 Å². The van der Waals surface area contributed by atoms with Gasteiger partial charge in [0.05, 0.1) is 30.2 Å². The van der Waals surface area contributed by atoms with E-state index in [1.54, 1.807) is 37.3 Å². The van der Waals surface area contributed by atoms with Crippen molar-refractivity contribution >= 4 is 11.7 Å². The van der Waals surface area contributed by atoms with Crippen LogP contribution in [0.25, 0.3) is 11.4 Å². The summed E-state index contributed by atoms with van der Waals surface area (Å²) < 4.78 is 34.1. The molecule has 0 N–H and O–H groups in total. The fraction of sp³-hybridized carbons (Fsp3) is 0.593. The first kappa shape index (κ1) is 27.0. The second-order valence-electron chi connectivity index (χ2n) is 9.59. The number of anilines is 1. The summed E-state index contributed by atoms with van der Waals surface area (Å²) in [5.74, 6) is 0.0175. The van der Waals surface area contributed by atoms with Gasteiger partial charge < -0.3 is 14.5 Å². The van der Waals surface area contributed by atoms with Crippen LogP contribution in [-0.4, -0.2) is 68.8 Å². The van der Waals surface area contributed by atoms with Crippen molar-refractivity contribution in [2.75, 3.05) is 24.5 Å². The Morgan fingerprint density at radius 1 is 1.11 bits per heavy atom. The number of ether oxygens (including phenoxy) is 1. The van der Waals surface area contributed by atoms with E-state index < -0.39 is 18.1 Å². The molecule has 4 heterocycles. The average molecular weight is 515 g/mol. The summed E-state index contributed by atoms with van der Waals surface area (Å²) in [6, 6.07) is 0. The van der Waals surface area contributed by atoms with Crippen molar-refractivity contribution in [1.82, 2.24) is 24.8 Å². The van der Waals surface area contributed by atoms with Gasteiger partial charge in [-0.3, -0.25) is 14.8 Å². The van der Waals surface area contributed by atoms with E-state index in [1.165, 1.54) is 0 Å². The van der Waals surface area contributed by atoms with Gasteiger partial charge in [0, 0.05) is 45.4 Å². The summed E-state index contributed by atoms with van der Waals surface area (Å²) in [5, 5.41) is 0. The van der Waals surface area contributed by atoms with Crippen molar-refractivity contribution in [3.05, 3.63) is 41.9 Å². The fourth-order valence-electron chi connectivity index (χ4n) is 4.97. The number of rotatable bonds is 4. The number of fused-ring (bicyclic) bond motifs is 1. The zero-order valence-electron chi connectivity index (χ0n) is 22.0. The van der Waals surface area contributed by atoms with Gasteiger partial charge in [-0.1, -0.05) is 20.8 Å². The highest BCUT2D eigenvalue weighted by molar-refractivity contribution is 5.74. The zero-order chi connectivity index (χ0) is 26.5. The van der Waals surface area contributed by atoms with Crippen LogP contribution in [-0.2, 0) is 22.5 Å². The highest BCUT2D eigenvalue weighted by Crippen LogP contribution is 2.34. The van der Waals surface area contributed by atoms with Gasteiger partial charge in [0.25, 0.3) is 0 Å². The topological polar surface area (TPSA) is 84.3 Å². The van der Waals surface area contributed by atoms with E-state index in [2.05, 4.69) is 14.9 Å². The van der Waals surface area contributed by atoms with Gasteiger partial charge in [-0.25, -0.2) is 18.7 Å². The molecule has 0 radical (unpaired) electrons. The second-order valence-corrected chi connectivity index (χ2v) is 9.59. The highest BCUT2D eigenvalue weighted by atomic mass is 19.1. The standard InChI is InChI=1S/C25H30F2N6O2.C2H6/c1-15-11-23(19(27)12-18(15)26)35-17-3-8-32(9-4-17)25-24(21-13-28-6-7-29-21)30-22-14-33(16(2)34)10-5-20(22)31-25;1-2/h6-7,12-13,15,17-18,23H,3-5,8-11,14H2,1-2H3;1-2H3/t15?,18-,23?;/m0./s1. The lowest BCUT2D eigenvalue weighted by Crippen LogP contribution is -2.41. The van der Waals surface area contributed by atoms with E-state index >= 15 is 0 Å². The average Bonchev–Trinajstić information content (AvgIpc) is 2.92. The number of halogens is 2. The van der Waals surface area contributed by atoms with Crippen LogP contribution in [0.15, 0.2) is 30.5 Å². The zero-order valence-corrected chi connectivity index (χ0v) is 22.0. The van der Waals surface area contributed by atoms with Gasteiger partial charge in [-0.2, -0.15) is 0 Å². The van der Waals surface area contributed by atoms with E-state index in [4.69, 9.17) is 14.7 Å². The molecule has 3 aliphatic rings. The van der Waals surface area contributed by atoms with E-state index in [0.717, 1.165) is 23.3 Å². The normalized spacial score (nSPS) is 24.1. The fourth-order valence-corrected chi connectivity index (χ4v) is 4.97. The Labute approximate surface area is 217 Å². The lowest BCUT2D eigenvalue weighted by Gasteiger charge is -2.37. The minimum absolute atomic E-state index is 0.0188. The number of amides is 1. The van der Waals surface area contributed by atoms with E-state index in [0.29, 0.717) is 63.3 Å². The minimum Gasteiger partial charge on any atom is -0.368 e. The number of aromatic nitrogens is 4. The lowest BCUT2D eigenvalue weighted by molar-refractivity contribution is -0.129. The van der Waals surface area contributed by atoms with E-state index in [-0.39, 0.29) is 17.9 Å². The van der Waals surface area contributed by atoms with Gasteiger partial charge in [-0.05, 0) is 31.3 Å². The van der Waals surface area contributed by atoms with Crippen molar-refractivity contribution in [1.29, 1.82) is 0 Å². The molecule has 0 aromatic carbocycles. The van der Waals surface area contributed by atoms with Crippen LogP contribution in [0.3, 0.4) is 0 Å². The first-order valence-corrected chi connectivity index (χ1v) is 13.2. The molecule has 2 aliphatic heterocycles. The van der Waals surface area contributed by atoms with Gasteiger partial charge >= 0.3 is 0 Å². The Bertz CT molecular complexity index is 1110. The van der Waals surface area contributed by atoms with E-state index in [1.807, 2.05) is 13.8 Å². The summed E-state index contributed by atoms with van der Waals surface area (Å²) in [6.07, 6.45) is 6.34. The summed E-state index contributed by atoms with van der Waals surface area (Å²) >= 11 is 0. The molecule has 5 rings (SSSR count). The Kier molecular flexibility index (Phi) is 8.79. The molecule has 1 amide bonds. The molecular formula is C27H36F2N6O2. The van der Waals surface area contributed by atoms with Crippen LogP contribution in [0.2, 0.25) is 0 Å². The van der Waals surface area contributed by atoms with Gasteiger partial charge in [0.2, 0.25) is 5.91 Å². The SMILES string of the molecule is CC.CC(=O)N1CCc2nc(N3CCC(OC4CC(C)[C@@H](F)C=C4F)CC3)c(-c3cnccn3)nc2C1. The van der Waals surface area contributed by atoms with Gasteiger partial charge in [0.1, 0.15) is 29.5 Å². The molecule has 0 bridgehead atoms. The Morgan fingerprint density at radius 2 is 1.86 bits per heavy atom. The van der Waals surface area contributed by atoms with Crippen molar-refractivity contribution in [2.45, 2.75) is 78.3 Å². The Balaban J connectivity index is 0.00000156. The van der Waals surface area contributed by atoms with Crippen LogP contribution in [0, 0.1) is 5.92 Å². The molecule has 2 aromatic rings. The maximum atomic E-state index is 14.3. The van der Waals surface area contributed by atoms with Crippen molar-refractivity contribution in [3.8, 4) is 11.4 Å². The summed E-state index contributed by atoms with van der Waals surface area (Å²) in [5.41, 5.74) is 2.95. The first-order valence-electron chi connectivity index (χ1n) is 13.2. The number of piperidine rings is 1. The van der Waals surface area contributed by atoms with Crippen molar-refractivity contribution < 1.29 is 18.3 Å². The predicted molar refractivity (Wildman–Crippen MR) is 137 cm³/mol. The van der Waals surface area contributed by atoms with Crippen LogP contribution >= 0.6 is 0 Å². The molecule has 1 saturated heterocycles. The second kappa shape index (κ2) is 12.0. The first-order chi connectivity index (χ1) is 17.9. The molecule has 2 unspecified atom stereocenters. The number of hydrogen-bond donors (Lipinski definition) is 0. The maximum Gasteiger partial charge on any atom is 0.219 e. The third-order valence-electron chi connectivity index (χ3n) is 7.10. The lowest BCUT2D eigenvalue weighted by atomic mass is 9.91. The molecule has 1 fully saturated rings. The predicted octanol–water partition coefficient (Wildman–Crippen LogP) is 4.45. The Hall–Kier alpha value is -3.01. The highest BCUT2D eigenvalue weighted by Gasteiger charge is 2.33. The van der Waals surface area contributed by atoms with Gasteiger partial charge in [0.15, 0.2) is 5.82 Å². The number of alkyl halides is 1. The largest absolute Gasteiger partial charge is 0.368 e. The Morgan fingerprint density at radius 3 is 2.54 bits per heavy atom. The summed E-state index contributed by atoms with van der Waals surface area (Å²) in [4.78, 5) is 34.4. The monoisotopic (exact) mass is 514 g/mol. The third-order valence-corrected chi connectivity index (χ3v) is 7.10. The molecule has 37 heavy (non-hydrogen) atoms. The summed E-state index contributed by atoms with van der Waals surface area (Å²) in [6.45, 7) is 9.74. The summed E-state index contributed by atoms with van der Waals surface area (Å²) in [7, 11) is 0. The molecular weight excluding hydrogens is 478 g/mol. The van der Waals surface area contributed by atoms with Crippen molar-refractivity contribution in [3.63, 3.8) is 0 Å². The van der Waals surface area contributed by atoms with Crippen LogP contribution in [0.5, 0.6) is 0 Å². The number of allylic oxidation sites excluding steroid dienone is 1. The smallest absolute Gasteiger partial charge is 0.219 e. The van der Waals surface area contributed by atoms with Crippen LogP contribution in [0.4, 0.5) is 14.6 Å².